The van der Waals surface area contributed by atoms with Gasteiger partial charge in [-0.25, -0.2) is 0 Å². The average Bonchev–Trinajstić information content (AvgIpc) is 3.97. The molecule has 0 N–H and O–H groups in total. The molecule has 11 aromatic rings. The zero-order valence-electron chi connectivity index (χ0n) is 35.7. The van der Waals surface area contributed by atoms with E-state index in [1.807, 2.05) is 0 Å². The first-order valence-electron chi connectivity index (χ1n) is 22.3. The van der Waals surface area contributed by atoms with Gasteiger partial charge in [0.1, 0.15) is 5.58 Å². The van der Waals surface area contributed by atoms with Crippen LogP contribution in [0.2, 0.25) is 0 Å². The van der Waals surface area contributed by atoms with Gasteiger partial charge in [-0.05, 0) is 102 Å². The predicted molar refractivity (Wildman–Crippen MR) is 266 cm³/mol. The molecule has 10 aromatic carbocycles. The molecule has 0 fully saturated rings. The molecule has 0 unspecified atom stereocenters. The maximum absolute atomic E-state index is 7.12. The number of rotatable bonds is 6. The molecule has 2 nitrogen and oxygen atoms in total. The maximum atomic E-state index is 7.12. The van der Waals surface area contributed by atoms with Gasteiger partial charge in [0.05, 0.1) is 16.8 Å². The van der Waals surface area contributed by atoms with Crippen LogP contribution in [0.4, 0.5) is 17.1 Å². The predicted octanol–water partition coefficient (Wildman–Crippen LogP) is 16.5. The Morgan fingerprint density at radius 1 is 0.391 bits per heavy atom. The molecule has 13 rings (SSSR count). The van der Waals surface area contributed by atoms with Crippen molar-refractivity contribution in [2.24, 2.45) is 0 Å². The van der Waals surface area contributed by atoms with Crippen LogP contribution >= 0.6 is 0 Å². The molecule has 1 aromatic heterocycles. The number of benzene rings is 10. The number of hydrogen-bond acceptors (Lipinski definition) is 2. The van der Waals surface area contributed by atoms with Crippen molar-refractivity contribution in [2.45, 2.75) is 24.7 Å². The van der Waals surface area contributed by atoms with Gasteiger partial charge < -0.3 is 9.32 Å². The summed E-state index contributed by atoms with van der Waals surface area (Å²) < 4.78 is 7.12. The molecule has 1 heterocycles. The Kier molecular flexibility index (Phi) is 7.90. The van der Waals surface area contributed by atoms with Crippen LogP contribution in [0.3, 0.4) is 0 Å². The second-order valence-electron chi connectivity index (χ2n) is 17.9. The van der Waals surface area contributed by atoms with E-state index in [1.54, 1.807) is 0 Å². The van der Waals surface area contributed by atoms with E-state index >= 15 is 0 Å². The van der Waals surface area contributed by atoms with Crippen LogP contribution < -0.4 is 4.90 Å². The molecule has 2 aliphatic carbocycles. The lowest BCUT2D eigenvalue weighted by atomic mass is 9.68. The Hall–Kier alpha value is -7.94. The third kappa shape index (κ3) is 5.02. The SMILES string of the molecule is CC1(C)c2ccccc2-c2c1cc(N(c1ccc3c(c1)-c1ccccc1C3(c1ccccc1)c1ccccc1)c1ccc(-c3ccccc3)c3c1oc1ccccc13)c1ccccc21. The lowest BCUT2D eigenvalue weighted by Crippen LogP contribution is -2.28. The van der Waals surface area contributed by atoms with Gasteiger partial charge in [-0.1, -0.05) is 208 Å². The summed E-state index contributed by atoms with van der Waals surface area (Å²) in [4.78, 5) is 2.50. The van der Waals surface area contributed by atoms with Crippen molar-refractivity contribution in [3.05, 3.63) is 258 Å². The summed E-state index contributed by atoms with van der Waals surface area (Å²) in [6.45, 7) is 4.76. The standard InChI is InChI=1S/C62H43NO/c1-61(2)51-31-17-15-29-48(51)58-47-28-13-12-27-46(47)56(39-54(58)61)63(55-37-35-44(40-20-6-3-7-21-40)59-49-30-16-19-33-57(49)64-60(55)59)43-34-36-53-50(38-43)45-26-14-18-32-52(45)62(53,41-22-8-4-9-23-41)42-24-10-5-11-25-42/h3-39H,1-2H3. The molecular formula is C62H43NO. The monoisotopic (exact) mass is 817 g/mol. The Balaban J connectivity index is 1.15. The van der Waals surface area contributed by atoms with Gasteiger partial charge in [-0.2, -0.15) is 0 Å². The van der Waals surface area contributed by atoms with Gasteiger partial charge in [0.15, 0.2) is 5.58 Å². The number of hydrogen-bond donors (Lipinski definition) is 0. The zero-order chi connectivity index (χ0) is 42.6. The van der Waals surface area contributed by atoms with E-state index in [-0.39, 0.29) is 5.41 Å². The quantitative estimate of drug-likeness (QED) is 0.166. The molecule has 2 aliphatic rings. The van der Waals surface area contributed by atoms with Gasteiger partial charge in [0.2, 0.25) is 0 Å². The van der Waals surface area contributed by atoms with Gasteiger partial charge >= 0.3 is 0 Å². The molecule has 2 heteroatoms. The summed E-state index contributed by atoms with van der Waals surface area (Å²) in [5, 5.41) is 4.65. The summed E-state index contributed by atoms with van der Waals surface area (Å²) in [7, 11) is 0. The van der Waals surface area contributed by atoms with E-state index in [0.29, 0.717) is 0 Å². The molecule has 0 saturated heterocycles. The van der Waals surface area contributed by atoms with Crippen LogP contribution in [-0.4, -0.2) is 0 Å². The molecule has 0 bridgehead atoms. The Morgan fingerprint density at radius 3 is 1.70 bits per heavy atom. The van der Waals surface area contributed by atoms with Crippen molar-refractivity contribution in [1.82, 2.24) is 0 Å². The topological polar surface area (TPSA) is 16.4 Å². The third-order valence-corrected chi connectivity index (χ3v) is 14.3. The van der Waals surface area contributed by atoms with Crippen LogP contribution in [0.15, 0.2) is 229 Å². The average molecular weight is 818 g/mol. The van der Waals surface area contributed by atoms with Gasteiger partial charge in [0, 0.05) is 27.3 Å². The summed E-state index contributed by atoms with van der Waals surface area (Å²) in [5.41, 5.74) is 19.4. The highest BCUT2D eigenvalue weighted by molar-refractivity contribution is 6.18. The molecule has 64 heavy (non-hydrogen) atoms. The van der Waals surface area contributed by atoms with Crippen LogP contribution in [0.1, 0.15) is 47.2 Å². The number of nitrogens with zero attached hydrogens (tertiary/aromatic N) is 1. The maximum Gasteiger partial charge on any atom is 0.160 e. The lowest BCUT2D eigenvalue weighted by Gasteiger charge is -2.34. The lowest BCUT2D eigenvalue weighted by molar-refractivity contribution is 0.661. The largest absolute Gasteiger partial charge is 0.454 e. The first kappa shape index (κ1) is 36.7. The van der Waals surface area contributed by atoms with Crippen LogP contribution in [-0.2, 0) is 10.8 Å². The van der Waals surface area contributed by atoms with Crippen molar-refractivity contribution in [2.75, 3.05) is 4.90 Å². The number of para-hydroxylation sites is 1. The number of furan rings is 1. The van der Waals surface area contributed by atoms with Gasteiger partial charge in [-0.3, -0.25) is 0 Å². The second kappa shape index (κ2) is 13.8. The molecule has 0 aliphatic heterocycles. The van der Waals surface area contributed by atoms with Gasteiger partial charge in [0.25, 0.3) is 0 Å². The molecule has 0 radical (unpaired) electrons. The summed E-state index contributed by atoms with van der Waals surface area (Å²) in [6, 6.07) is 82.6. The first-order valence-corrected chi connectivity index (χ1v) is 22.3. The summed E-state index contributed by atoms with van der Waals surface area (Å²) >= 11 is 0. The molecule has 0 spiro atoms. The van der Waals surface area contributed by atoms with E-state index in [2.05, 4.69) is 243 Å². The smallest absolute Gasteiger partial charge is 0.160 e. The zero-order valence-corrected chi connectivity index (χ0v) is 35.7. The minimum absolute atomic E-state index is 0.218. The fourth-order valence-corrected chi connectivity index (χ4v) is 11.5. The molecular weight excluding hydrogens is 775 g/mol. The van der Waals surface area contributed by atoms with Crippen molar-refractivity contribution < 1.29 is 4.42 Å². The van der Waals surface area contributed by atoms with Crippen LogP contribution in [0.25, 0.3) is 66.1 Å². The summed E-state index contributed by atoms with van der Waals surface area (Å²) in [5.74, 6) is 0. The van der Waals surface area contributed by atoms with E-state index in [4.69, 9.17) is 4.42 Å². The molecule has 0 saturated carbocycles. The van der Waals surface area contributed by atoms with E-state index in [1.165, 1.54) is 66.4 Å². The fraction of sp³-hybridized carbons (Fsp3) is 0.0645. The highest BCUT2D eigenvalue weighted by Crippen LogP contribution is 2.59. The molecule has 0 atom stereocenters. The van der Waals surface area contributed by atoms with Crippen molar-refractivity contribution in [3.8, 4) is 33.4 Å². The second-order valence-corrected chi connectivity index (χ2v) is 17.9. The molecule has 302 valence electrons. The highest BCUT2D eigenvalue weighted by Gasteiger charge is 2.46. The third-order valence-electron chi connectivity index (χ3n) is 14.3. The van der Waals surface area contributed by atoms with Gasteiger partial charge in [-0.15, -0.1) is 0 Å². The minimum atomic E-state index is -0.503. The molecule has 0 amide bonds. The minimum Gasteiger partial charge on any atom is -0.454 e. The Morgan fingerprint density at radius 2 is 0.969 bits per heavy atom. The Bertz CT molecular complexity index is 3600. The fourth-order valence-electron chi connectivity index (χ4n) is 11.5. The number of anilines is 3. The highest BCUT2D eigenvalue weighted by atomic mass is 16.3. The van der Waals surface area contributed by atoms with Crippen LogP contribution in [0, 0.1) is 0 Å². The van der Waals surface area contributed by atoms with E-state index in [9.17, 15) is 0 Å². The number of fused-ring (bicyclic) bond motifs is 11. The van der Waals surface area contributed by atoms with Crippen molar-refractivity contribution in [1.29, 1.82) is 0 Å². The Labute approximate surface area is 373 Å². The van der Waals surface area contributed by atoms with Crippen molar-refractivity contribution >= 4 is 49.8 Å². The normalized spacial score (nSPS) is 14.0. The van der Waals surface area contributed by atoms with E-state index < -0.39 is 5.41 Å². The summed E-state index contributed by atoms with van der Waals surface area (Å²) in [6.07, 6.45) is 0. The first-order chi connectivity index (χ1) is 31.5. The van der Waals surface area contributed by atoms with Crippen molar-refractivity contribution in [3.63, 3.8) is 0 Å². The van der Waals surface area contributed by atoms with Crippen LogP contribution in [0.5, 0.6) is 0 Å². The van der Waals surface area contributed by atoms with E-state index in [0.717, 1.165) is 50.1 Å².